The van der Waals surface area contributed by atoms with Gasteiger partial charge in [-0.15, -0.1) is 0 Å². The Labute approximate surface area is 139 Å². The van der Waals surface area contributed by atoms with Gasteiger partial charge in [0.25, 0.3) is 0 Å². The van der Waals surface area contributed by atoms with Crippen LogP contribution in [0.4, 0.5) is 0 Å². The predicted molar refractivity (Wildman–Crippen MR) is 92.1 cm³/mol. The van der Waals surface area contributed by atoms with E-state index in [0.717, 1.165) is 56.0 Å². The summed E-state index contributed by atoms with van der Waals surface area (Å²) < 4.78 is 0. The Morgan fingerprint density at radius 2 is 2.13 bits per heavy atom. The van der Waals surface area contributed by atoms with Crippen molar-refractivity contribution in [3.63, 3.8) is 0 Å². The minimum atomic E-state index is -0.679. The highest BCUT2D eigenvalue weighted by Crippen LogP contribution is 2.62. The van der Waals surface area contributed by atoms with E-state index in [1.807, 2.05) is 13.8 Å². The molecule has 3 heteroatoms. The van der Waals surface area contributed by atoms with Gasteiger partial charge in [-0.25, -0.2) is 0 Å². The molecule has 0 aromatic rings. The molecule has 2 aliphatic rings. The van der Waals surface area contributed by atoms with Gasteiger partial charge in [0.2, 0.25) is 0 Å². The first-order valence-corrected chi connectivity index (χ1v) is 8.80. The van der Waals surface area contributed by atoms with Crippen LogP contribution in [-0.2, 0) is 9.59 Å². The van der Waals surface area contributed by atoms with Crippen molar-refractivity contribution in [1.29, 1.82) is 0 Å². The molecule has 0 amide bonds. The van der Waals surface area contributed by atoms with Crippen LogP contribution in [0.3, 0.4) is 0 Å². The Morgan fingerprint density at radius 3 is 2.74 bits per heavy atom. The first-order chi connectivity index (χ1) is 10.8. The van der Waals surface area contributed by atoms with Gasteiger partial charge in [0.15, 0.2) is 0 Å². The lowest BCUT2D eigenvalue weighted by Gasteiger charge is -2.57. The standard InChI is InChI=1S/C20H30O3/c1-14(10-13-21)8-11-19(4)15(2)9-12-20(18(22)23)16(3)6-5-7-17(19)20/h6,10,13,15,17H,5,7-9,11-12H2,1-4H3,(H,22,23)/b14-10-/t15-,17-,19+,20-/m0/s1. The largest absolute Gasteiger partial charge is 0.481 e. The molecular formula is C20H30O3. The smallest absolute Gasteiger partial charge is 0.314 e. The maximum absolute atomic E-state index is 12.3. The summed E-state index contributed by atoms with van der Waals surface area (Å²) in [6, 6.07) is 0. The van der Waals surface area contributed by atoms with E-state index < -0.39 is 11.4 Å². The number of allylic oxidation sites excluding steroid dienone is 3. The number of hydrogen-bond acceptors (Lipinski definition) is 2. The second kappa shape index (κ2) is 6.62. The van der Waals surface area contributed by atoms with E-state index in [-0.39, 0.29) is 11.3 Å². The lowest BCUT2D eigenvalue weighted by molar-refractivity contribution is -0.162. The summed E-state index contributed by atoms with van der Waals surface area (Å²) in [5, 5.41) is 10.1. The number of carboxylic acid groups (broad SMARTS) is 1. The van der Waals surface area contributed by atoms with E-state index in [2.05, 4.69) is 19.9 Å². The van der Waals surface area contributed by atoms with Crippen molar-refractivity contribution in [3.8, 4) is 0 Å². The van der Waals surface area contributed by atoms with Gasteiger partial charge in [-0.1, -0.05) is 31.1 Å². The molecule has 1 fully saturated rings. The summed E-state index contributed by atoms with van der Waals surface area (Å²) in [6.07, 6.45) is 10.1. The lowest BCUT2D eigenvalue weighted by Crippen LogP contribution is -2.54. The molecule has 128 valence electrons. The first-order valence-electron chi connectivity index (χ1n) is 8.80. The van der Waals surface area contributed by atoms with E-state index in [1.54, 1.807) is 6.08 Å². The molecule has 1 N–H and O–H groups in total. The molecule has 0 aliphatic heterocycles. The molecule has 0 bridgehead atoms. The van der Waals surface area contributed by atoms with Crippen LogP contribution in [0.15, 0.2) is 23.3 Å². The number of aliphatic carboxylic acids is 1. The average Bonchev–Trinajstić information content (AvgIpc) is 2.50. The molecule has 0 spiro atoms. The highest BCUT2D eigenvalue weighted by Gasteiger charge is 2.59. The molecule has 3 nitrogen and oxygen atoms in total. The molecule has 0 radical (unpaired) electrons. The fraction of sp³-hybridized carbons (Fsp3) is 0.700. The van der Waals surface area contributed by atoms with E-state index in [9.17, 15) is 14.7 Å². The van der Waals surface area contributed by atoms with Gasteiger partial charge in [-0.05, 0) is 75.7 Å². The van der Waals surface area contributed by atoms with Crippen LogP contribution in [0.2, 0.25) is 0 Å². The molecule has 0 unspecified atom stereocenters. The monoisotopic (exact) mass is 318 g/mol. The van der Waals surface area contributed by atoms with E-state index >= 15 is 0 Å². The predicted octanol–water partition coefficient (Wildman–Crippen LogP) is 4.78. The Kier molecular flexibility index (Phi) is 5.17. The number of carbonyl (C=O) groups excluding carboxylic acids is 1. The molecule has 1 saturated carbocycles. The van der Waals surface area contributed by atoms with Crippen molar-refractivity contribution in [2.45, 2.75) is 66.2 Å². The zero-order valence-electron chi connectivity index (χ0n) is 14.9. The van der Waals surface area contributed by atoms with Crippen LogP contribution < -0.4 is 0 Å². The fourth-order valence-corrected chi connectivity index (χ4v) is 5.06. The first kappa shape index (κ1) is 18.0. The van der Waals surface area contributed by atoms with Crippen LogP contribution in [-0.4, -0.2) is 17.4 Å². The number of rotatable bonds is 5. The van der Waals surface area contributed by atoms with Crippen LogP contribution >= 0.6 is 0 Å². The van der Waals surface area contributed by atoms with Gasteiger partial charge in [0.05, 0.1) is 5.41 Å². The highest BCUT2D eigenvalue weighted by molar-refractivity contribution is 5.79. The van der Waals surface area contributed by atoms with Crippen LogP contribution in [0.25, 0.3) is 0 Å². The molecule has 23 heavy (non-hydrogen) atoms. The van der Waals surface area contributed by atoms with Gasteiger partial charge in [0, 0.05) is 0 Å². The van der Waals surface area contributed by atoms with Crippen LogP contribution in [0.5, 0.6) is 0 Å². The zero-order valence-corrected chi connectivity index (χ0v) is 14.9. The number of carbonyl (C=O) groups is 2. The molecule has 0 aromatic heterocycles. The summed E-state index contributed by atoms with van der Waals surface area (Å²) in [4.78, 5) is 22.9. The topological polar surface area (TPSA) is 54.4 Å². The van der Waals surface area contributed by atoms with E-state index in [4.69, 9.17) is 0 Å². The van der Waals surface area contributed by atoms with Crippen molar-refractivity contribution < 1.29 is 14.7 Å². The van der Waals surface area contributed by atoms with Crippen molar-refractivity contribution >= 4 is 12.3 Å². The van der Waals surface area contributed by atoms with Crippen molar-refractivity contribution in [2.24, 2.45) is 22.7 Å². The second-order valence-corrected chi connectivity index (χ2v) is 7.89. The fourth-order valence-electron chi connectivity index (χ4n) is 5.06. The lowest BCUT2D eigenvalue weighted by atomic mass is 9.46. The summed E-state index contributed by atoms with van der Waals surface area (Å²) in [7, 11) is 0. The minimum absolute atomic E-state index is 0.00411. The van der Waals surface area contributed by atoms with Gasteiger partial charge in [-0.3, -0.25) is 9.59 Å². The van der Waals surface area contributed by atoms with Crippen molar-refractivity contribution in [2.75, 3.05) is 0 Å². The third-order valence-electron chi connectivity index (χ3n) is 6.89. The van der Waals surface area contributed by atoms with Gasteiger partial charge in [-0.2, -0.15) is 0 Å². The molecular weight excluding hydrogens is 288 g/mol. The zero-order chi connectivity index (χ0) is 17.3. The quantitative estimate of drug-likeness (QED) is 0.451. The third-order valence-corrected chi connectivity index (χ3v) is 6.89. The van der Waals surface area contributed by atoms with Crippen molar-refractivity contribution in [3.05, 3.63) is 23.3 Å². The van der Waals surface area contributed by atoms with Crippen molar-refractivity contribution in [1.82, 2.24) is 0 Å². The molecule has 2 aliphatic carbocycles. The van der Waals surface area contributed by atoms with E-state index in [0.29, 0.717) is 5.92 Å². The number of aldehydes is 1. The summed E-state index contributed by atoms with van der Waals surface area (Å²) >= 11 is 0. The minimum Gasteiger partial charge on any atom is -0.481 e. The molecule has 0 saturated heterocycles. The van der Waals surface area contributed by atoms with Crippen LogP contribution in [0.1, 0.15) is 66.2 Å². The normalized spacial score (nSPS) is 37.7. The highest BCUT2D eigenvalue weighted by atomic mass is 16.4. The Morgan fingerprint density at radius 1 is 1.43 bits per heavy atom. The maximum Gasteiger partial charge on any atom is 0.314 e. The van der Waals surface area contributed by atoms with E-state index in [1.165, 1.54) is 0 Å². The molecule has 4 atom stereocenters. The number of carboxylic acids is 1. The summed E-state index contributed by atoms with van der Waals surface area (Å²) in [5.74, 6) is 0.0504. The number of hydrogen-bond donors (Lipinski definition) is 1. The summed E-state index contributed by atoms with van der Waals surface area (Å²) in [5.41, 5.74) is 1.47. The SMILES string of the molecule is CC1=CCC[C@@H]2[C@]1(C(=O)O)CC[C@H](C)[C@@]2(C)CC/C(C)=C\C=O. The molecule has 2 rings (SSSR count). The second-order valence-electron chi connectivity index (χ2n) is 7.89. The Hall–Kier alpha value is -1.38. The van der Waals surface area contributed by atoms with Gasteiger partial charge >= 0.3 is 5.97 Å². The Bertz CT molecular complexity index is 545. The maximum atomic E-state index is 12.3. The third kappa shape index (κ3) is 2.90. The molecule has 0 heterocycles. The number of fused-ring (bicyclic) bond motifs is 1. The van der Waals surface area contributed by atoms with Crippen LogP contribution in [0, 0.1) is 22.7 Å². The average molecular weight is 318 g/mol. The Balaban J connectivity index is 2.37. The van der Waals surface area contributed by atoms with Gasteiger partial charge < -0.3 is 5.11 Å². The summed E-state index contributed by atoms with van der Waals surface area (Å²) in [6.45, 7) is 8.56. The van der Waals surface area contributed by atoms with Gasteiger partial charge in [0.1, 0.15) is 6.29 Å². The molecule has 0 aromatic carbocycles.